The maximum atomic E-state index is 13.4. The van der Waals surface area contributed by atoms with Crippen LogP contribution in [0.4, 0.5) is 13.2 Å². The molecule has 9 nitrogen and oxygen atoms in total. The van der Waals surface area contributed by atoms with Gasteiger partial charge >= 0.3 is 6.18 Å². The van der Waals surface area contributed by atoms with E-state index in [0.29, 0.717) is 29.8 Å². The fourth-order valence-electron chi connectivity index (χ4n) is 4.56. The SMILES string of the molecule is C[C@@H](CC1CC(Oc2nn(C3CC3)cc2C(N)=O)C1)NC(=O)c1nc(C(F)(F)F)n2cc(Br)ccc12. The number of imidazole rings is 1. The van der Waals surface area contributed by atoms with E-state index in [1.807, 2.05) is 0 Å². The lowest BCUT2D eigenvalue weighted by atomic mass is 9.78. The van der Waals surface area contributed by atoms with E-state index >= 15 is 0 Å². The number of aromatic nitrogens is 4. The molecule has 3 aromatic heterocycles. The number of nitrogens with two attached hydrogens (primary N) is 1. The number of hydrogen-bond donors (Lipinski definition) is 2. The van der Waals surface area contributed by atoms with Gasteiger partial charge in [0.25, 0.3) is 11.8 Å². The maximum Gasteiger partial charge on any atom is 0.450 e. The molecule has 2 aliphatic carbocycles. The molecule has 192 valence electrons. The number of carbonyl (C=O) groups is 2. The van der Waals surface area contributed by atoms with Crippen LogP contribution in [0.2, 0.25) is 0 Å². The van der Waals surface area contributed by atoms with E-state index in [2.05, 4.69) is 31.3 Å². The van der Waals surface area contributed by atoms with Crippen LogP contribution in [0.3, 0.4) is 0 Å². The minimum atomic E-state index is -4.71. The van der Waals surface area contributed by atoms with Gasteiger partial charge in [0.05, 0.1) is 11.6 Å². The molecule has 2 fully saturated rings. The third-order valence-corrected chi connectivity index (χ3v) is 6.96. The number of alkyl halides is 3. The van der Waals surface area contributed by atoms with Gasteiger partial charge in [-0.15, -0.1) is 5.10 Å². The fraction of sp³-hybridized carbons (Fsp3) is 0.478. The molecule has 13 heteroatoms. The van der Waals surface area contributed by atoms with Crippen LogP contribution in [0, 0.1) is 5.92 Å². The summed E-state index contributed by atoms with van der Waals surface area (Å²) in [5.41, 5.74) is 5.52. The molecule has 36 heavy (non-hydrogen) atoms. The van der Waals surface area contributed by atoms with Crippen molar-refractivity contribution < 1.29 is 27.5 Å². The predicted molar refractivity (Wildman–Crippen MR) is 126 cm³/mol. The Hall–Kier alpha value is -3.09. The largest absolute Gasteiger partial charge is 0.473 e. The van der Waals surface area contributed by atoms with Crippen LogP contribution in [0.5, 0.6) is 5.88 Å². The van der Waals surface area contributed by atoms with E-state index in [1.54, 1.807) is 23.9 Å². The third-order valence-electron chi connectivity index (χ3n) is 6.49. The van der Waals surface area contributed by atoms with Gasteiger partial charge in [0.15, 0.2) is 5.69 Å². The summed E-state index contributed by atoms with van der Waals surface area (Å²) in [6, 6.07) is 2.98. The summed E-state index contributed by atoms with van der Waals surface area (Å²) in [6.07, 6.45) is 2.08. The van der Waals surface area contributed by atoms with Gasteiger partial charge in [-0.25, -0.2) is 4.98 Å². The van der Waals surface area contributed by atoms with Gasteiger partial charge in [-0.05, 0) is 73.0 Å². The number of hydrogen-bond acceptors (Lipinski definition) is 5. The molecule has 0 saturated heterocycles. The molecular weight excluding hydrogens is 545 g/mol. The van der Waals surface area contributed by atoms with Crippen molar-refractivity contribution in [2.45, 2.75) is 63.4 Å². The Morgan fingerprint density at radius 3 is 2.64 bits per heavy atom. The Labute approximate surface area is 212 Å². The van der Waals surface area contributed by atoms with Crippen molar-refractivity contribution in [1.82, 2.24) is 24.5 Å². The second-order valence-corrected chi connectivity index (χ2v) is 10.4. The first-order chi connectivity index (χ1) is 17.0. The number of amides is 2. The number of primary amides is 1. The van der Waals surface area contributed by atoms with Crippen molar-refractivity contribution in [3.8, 4) is 5.88 Å². The molecule has 1 atom stereocenters. The van der Waals surface area contributed by atoms with Crippen molar-refractivity contribution in [3.05, 3.63) is 46.1 Å². The van der Waals surface area contributed by atoms with Crippen molar-refractivity contribution >= 4 is 33.3 Å². The average molecular weight is 569 g/mol. The molecule has 2 amide bonds. The van der Waals surface area contributed by atoms with Gasteiger partial charge in [-0.1, -0.05) is 0 Å². The van der Waals surface area contributed by atoms with Crippen LogP contribution in [0.25, 0.3) is 5.52 Å². The molecule has 0 aliphatic heterocycles. The number of rotatable bonds is 8. The molecule has 0 spiro atoms. The van der Waals surface area contributed by atoms with Gasteiger partial charge < -0.3 is 15.8 Å². The Kier molecular flexibility index (Phi) is 6.21. The van der Waals surface area contributed by atoms with Crippen LogP contribution in [-0.2, 0) is 6.18 Å². The van der Waals surface area contributed by atoms with Crippen LogP contribution in [0.15, 0.2) is 29.0 Å². The van der Waals surface area contributed by atoms with Crippen molar-refractivity contribution in [3.63, 3.8) is 0 Å². The molecule has 0 unspecified atom stereocenters. The summed E-state index contributed by atoms with van der Waals surface area (Å²) in [6.45, 7) is 1.80. The minimum Gasteiger partial charge on any atom is -0.473 e. The number of nitrogens with one attached hydrogen (secondary N) is 1. The first-order valence-electron chi connectivity index (χ1n) is 11.6. The van der Waals surface area contributed by atoms with E-state index in [-0.39, 0.29) is 40.7 Å². The molecule has 0 aromatic carbocycles. The standard InChI is InChI=1S/C23H24BrF3N6O3/c1-11(29-20(35)18-17-5-2-13(24)9-32(17)22(30-18)23(25,26)27)6-12-7-15(8-12)36-21-16(19(28)34)10-33(31-21)14-3-4-14/h2,5,9-12,14-15H,3-4,6-8H2,1H3,(H2,28,34)(H,29,35)/t11-,12?,15?/m0/s1. The van der Waals surface area contributed by atoms with Gasteiger partial charge in [-0.3, -0.25) is 18.7 Å². The van der Waals surface area contributed by atoms with E-state index in [1.165, 1.54) is 12.3 Å². The first-order valence-corrected chi connectivity index (χ1v) is 12.4. The van der Waals surface area contributed by atoms with Crippen molar-refractivity contribution in [2.75, 3.05) is 0 Å². The van der Waals surface area contributed by atoms with E-state index in [0.717, 1.165) is 17.2 Å². The molecule has 3 N–H and O–H groups in total. The van der Waals surface area contributed by atoms with Crippen LogP contribution in [-0.4, -0.2) is 43.1 Å². The van der Waals surface area contributed by atoms with Gasteiger partial charge in [0.1, 0.15) is 11.7 Å². The molecule has 0 bridgehead atoms. The zero-order valence-corrected chi connectivity index (χ0v) is 20.8. The second kappa shape index (κ2) is 9.09. The lowest BCUT2D eigenvalue weighted by molar-refractivity contribution is -0.145. The minimum absolute atomic E-state index is 0.0724. The summed E-state index contributed by atoms with van der Waals surface area (Å²) in [4.78, 5) is 28.1. The van der Waals surface area contributed by atoms with E-state index < -0.39 is 23.8 Å². The monoisotopic (exact) mass is 568 g/mol. The van der Waals surface area contributed by atoms with Crippen LogP contribution in [0.1, 0.15) is 71.7 Å². The Morgan fingerprint density at radius 2 is 2.00 bits per heavy atom. The highest BCUT2D eigenvalue weighted by atomic mass is 79.9. The van der Waals surface area contributed by atoms with Gasteiger partial charge in [0, 0.05) is 22.9 Å². The lowest BCUT2D eigenvalue weighted by Gasteiger charge is -2.36. The topological polar surface area (TPSA) is 117 Å². The molecular formula is C23H24BrF3N6O3. The predicted octanol–water partition coefficient (Wildman–Crippen LogP) is 4.11. The highest BCUT2D eigenvalue weighted by Gasteiger charge is 2.39. The number of halogens is 4. The van der Waals surface area contributed by atoms with E-state index in [4.69, 9.17) is 10.5 Å². The fourth-order valence-corrected chi connectivity index (χ4v) is 4.89. The average Bonchev–Trinajstić information content (AvgIpc) is 3.40. The zero-order valence-electron chi connectivity index (χ0n) is 19.3. The number of carbonyl (C=O) groups excluding carboxylic acids is 2. The van der Waals surface area contributed by atoms with Crippen LogP contribution >= 0.6 is 15.9 Å². The summed E-state index contributed by atoms with van der Waals surface area (Å²) in [7, 11) is 0. The number of ether oxygens (including phenoxy) is 1. The normalized spacial score (nSPS) is 20.7. The summed E-state index contributed by atoms with van der Waals surface area (Å²) in [5.74, 6) is -1.92. The highest BCUT2D eigenvalue weighted by Crippen LogP contribution is 2.38. The van der Waals surface area contributed by atoms with Gasteiger partial charge in [0.2, 0.25) is 11.7 Å². The Morgan fingerprint density at radius 1 is 1.28 bits per heavy atom. The van der Waals surface area contributed by atoms with Crippen molar-refractivity contribution in [2.24, 2.45) is 11.7 Å². The lowest BCUT2D eigenvalue weighted by Crippen LogP contribution is -2.40. The van der Waals surface area contributed by atoms with Crippen LogP contribution < -0.4 is 15.8 Å². The van der Waals surface area contributed by atoms with Gasteiger partial charge in [-0.2, -0.15) is 13.2 Å². The number of nitrogens with zero attached hydrogens (tertiary/aromatic N) is 4. The second-order valence-electron chi connectivity index (χ2n) is 9.50. The zero-order chi connectivity index (χ0) is 25.8. The molecule has 3 heterocycles. The highest BCUT2D eigenvalue weighted by molar-refractivity contribution is 9.10. The molecule has 0 radical (unpaired) electrons. The quantitative estimate of drug-likeness (QED) is 0.424. The number of fused-ring (bicyclic) bond motifs is 1. The first kappa shape index (κ1) is 24.6. The third kappa shape index (κ3) is 4.93. The molecule has 3 aromatic rings. The Bertz CT molecular complexity index is 1330. The molecule has 5 rings (SSSR count). The Balaban J connectivity index is 1.18. The smallest absolute Gasteiger partial charge is 0.450 e. The summed E-state index contributed by atoms with van der Waals surface area (Å²) in [5, 5.41) is 7.13. The van der Waals surface area contributed by atoms with E-state index in [9.17, 15) is 22.8 Å². The summed E-state index contributed by atoms with van der Waals surface area (Å²) < 4.78 is 49.3. The summed E-state index contributed by atoms with van der Waals surface area (Å²) >= 11 is 3.15. The molecule has 2 saturated carbocycles. The number of pyridine rings is 1. The molecule has 2 aliphatic rings. The van der Waals surface area contributed by atoms with Crippen molar-refractivity contribution in [1.29, 1.82) is 0 Å². The maximum absolute atomic E-state index is 13.4.